The maximum absolute atomic E-state index is 12.3. The maximum Gasteiger partial charge on any atom is 0.256 e. The lowest BCUT2D eigenvalue weighted by Crippen LogP contribution is -2.09. The first-order chi connectivity index (χ1) is 10.2. The van der Waals surface area contributed by atoms with E-state index in [0.717, 1.165) is 10.9 Å². The van der Waals surface area contributed by atoms with Gasteiger partial charge in [-0.3, -0.25) is 4.79 Å². The average Bonchev–Trinajstić information content (AvgIpc) is 2.54. The highest BCUT2D eigenvalue weighted by Gasteiger charge is 2.12. The smallest absolute Gasteiger partial charge is 0.256 e. The van der Waals surface area contributed by atoms with Gasteiger partial charge in [-0.25, -0.2) is 0 Å². The van der Waals surface area contributed by atoms with Crippen molar-refractivity contribution in [3.05, 3.63) is 58.9 Å². The molecule has 0 radical (unpaired) electrons. The number of aromatic nitrogens is 1. The number of nitrogens with one attached hydrogen (secondary N) is 1. The highest BCUT2D eigenvalue weighted by molar-refractivity contribution is 5.90. The van der Waals surface area contributed by atoms with E-state index in [1.807, 2.05) is 48.5 Å². The Balaban J connectivity index is 2.29. The molecule has 0 aliphatic rings. The zero-order valence-corrected chi connectivity index (χ0v) is 11.8. The summed E-state index contributed by atoms with van der Waals surface area (Å²) in [6.07, 6.45) is 0. The Bertz CT molecular complexity index is 838. The van der Waals surface area contributed by atoms with Crippen LogP contribution in [0.3, 0.4) is 0 Å². The fourth-order valence-corrected chi connectivity index (χ4v) is 2.43. The van der Waals surface area contributed by atoms with E-state index in [9.17, 15) is 4.79 Å². The molecule has 21 heavy (non-hydrogen) atoms. The molecular weight excluding hydrogens is 266 g/mol. The fraction of sp³-hybridized carbons (Fsp3) is 0.118. The summed E-state index contributed by atoms with van der Waals surface area (Å²) in [4.78, 5) is 15.2. The van der Waals surface area contributed by atoms with Crippen LogP contribution in [0.15, 0.2) is 53.3 Å². The first-order valence-corrected chi connectivity index (χ1v) is 6.58. The third-order valence-electron chi connectivity index (χ3n) is 3.45. The number of fused-ring (bicyclic) bond motifs is 1. The molecule has 0 unspecified atom stereocenters. The van der Waals surface area contributed by atoms with Gasteiger partial charge < -0.3 is 14.5 Å². The van der Waals surface area contributed by atoms with Crippen molar-refractivity contribution in [3.63, 3.8) is 0 Å². The molecule has 0 amide bonds. The van der Waals surface area contributed by atoms with E-state index in [1.165, 1.54) is 0 Å². The van der Waals surface area contributed by atoms with Crippen LogP contribution in [-0.2, 0) is 0 Å². The molecule has 4 nitrogen and oxygen atoms in total. The fourth-order valence-electron chi connectivity index (χ4n) is 2.43. The Kier molecular flexibility index (Phi) is 3.36. The normalized spacial score (nSPS) is 10.6. The molecule has 3 rings (SSSR count). The number of rotatable bonds is 3. The first kappa shape index (κ1) is 13.2. The summed E-state index contributed by atoms with van der Waals surface area (Å²) < 4.78 is 10.6. The van der Waals surface area contributed by atoms with Gasteiger partial charge in [-0.15, -0.1) is 0 Å². The predicted molar refractivity (Wildman–Crippen MR) is 83.1 cm³/mol. The molecule has 2 aromatic carbocycles. The zero-order valence-electron chi connectivity index (χ0n) is 11.8. The number of pyridine rings is 1. The van der Waals surface area contributed by atoms with Crippen LogP contribution >= 0.6 is 0 Å². The van der Waals surface area contributed by atoms with Gasteiger partial charge in [0, 0.05) is 10.9 Å². The molecule has 0 aliphatic heterocycles. The van der Waals surface area contributed by atoms with Gasteiger partial charge in [-0.05, 0) is 23.8 Å². The second-order valence-electron chi connectivity index (χ2n) is 4.64. The largest absolute Gasteiger partial charge is 0.493 e. The molecule has 106 valence electrons. The summed E-state index contributed by atoms with van der Waals surface area (Å²) in [5.74, 6) is 1.12. The number of hydrogen-bond donors (Lipinski definition) is 1. The number of benzene rings is 2. The molecule has 1 aromatic heterocycles. The summed E-state index contributed by atoms with van der Waals surface area (Å²) in [6.45, 7) is 0. The van der Waals surface area contributed by atoms with E-state index in [-0.39, 0.29) is 5.56 Å². The highest BCUT2D eigenvalue weighted by atomic mass is 16.5. The SMILES string of the molecule is COc1ccc2cc(-c3ccccc3)c(=O)[nH]c2c1OC. The average molecular weight is 281 g/mol. The quantitative estimate of drug-likeness (QED) is 0.802. The molecule has 0 bridgehead atoms. The Morgan fingerprint density at radius 3 is 2.38 bits per heavy atom. The van der Waals surface area contributed by atoms with Gasteiger partial charge >= 0.3 is 0 Å². The van der Waals surface area contributed by atoms with E-state index in [0.29, 0.717) is 22.6 Å². The zero-order chi connectivity index (χ0) is 14.8. The van der Waals surface area contributed by atoms with Gasteiger partial charge in [0.1, 0.15) is 0 Å². The highest BCUT2D eigenvalue weighted by Crippen LogP contribution is 2.34. The van der Waals surface area contributed by atoms with Crippen molar-refractivity contribution in [2.75, 3.05) is 14.2 Å². The van der Waals surface area contributed by atoms with Gasteiger partial charge in [-0.1, -0.05) is 30.3 Å². The number of ether oxygens (including phenoxy) is 2. The molecule has 0 aliphatic carbocycles. The van der Waals surface area contributed by atoms with Crippen LogP contribution in [0.4, 0.5) is 0 Å². The molecule has 0 saturated carbocycles. The summed E-state index contributed by atoms with van der Waals surface area (Å²) in [5, 5.41) is 0.895. The van der Waals surface area contributed by atoms with Crippen LogP contribution < -0.4 is 15.0 Å². The van der Waals surface area contributed by atoms with E-state index in [2.05, 4.69) is 4.98 Å². The van der Waals surface area contributed by atoms with Crippen molar-refractivity contribution in [2.45, 2.75) is 0 Å². The minimum atomic E-state index is -0.153. The van der Waals surface area contributed by atoms with E-state index in [4.69, 9.17) is 9.47 Å². The lowest BCUT2D eigenvalue weighted by atomic mass is 10.0. The lowest BCUT2D eigenvalue weighted by Gasteiger charge is -2.11. The van der Waals surface area contributed by atoms with Gasteiger partial charge in [-0.2, -0.15) is 0 Å². The molecular formula is C17H15NO3. The van der Waals surface area contributed by atoms with E-state index >= 15 is 0 Å². The summed E-state index contributed by atoms with van der Waals surface area (Å²) in [6, 6.07) is 15.2. The molecule has 0 atom stereocenters. The molecule has 0 saturated heterocycles. The third-order valence-corrected chi connectivity index (χ3v) is 3.45. The summed E-state index contributed by atoms with van der Waals surface area (Å²) in [5.41, 5.74) is 2.01. The first-order valence-electron chi connectivity index (χ1n) is 6.58. The molecule has 1 N–H and O–H groups in total. The minimum Gasteiger partial charge on any atom is -0.493 e. The van der Waals surface area contributed by atoms with Crippen molar-refractivity contribution >= 4 is 10.9 Å². The van der Waals surface area contributed by atoms with Gasteiger partial charge in [0.05, 0.1) is 19.7 Å². The van der Waals surface area contributed by atoms with Crippen LogP contribution in [0, 0.1) is 0 Å². The predicted octanol–water partition coefficient (Wildman–Crippen LogP) is 3.21. The number of H-pyrrole nitrogens is 1. The Morgan fingerprint density at radius 1 is 0.952 bits per heavy atom. The maximum atomic E-state index is 12.3. The summed E-state index contributed by atoms with van der Waals surface area (Å²) in [7, 11) is 3.13. The Hall–Kier alpha value is -2.75. The van der Waals surface area contributed by atoms with Crippen molar-refractivity contribution in [1.82, 2.24) is 4.98 Å². The van der Waals surface area contributed by atoms with Crippen LogP contribution in [0.5, 0.6) is 11.5 Å². The van der Waals surface area contributed by atoms with Crippen molar-refractivity contribution < 1.29 is 9.47 Å². The van der Waals surface area contributed by atoms with Gasteiger partial charge in [0.25, 0.3) is 5.56 Å². The number of hydrogen-bond acceptors (Lipinski definition) is 3. The molecule has 0 fully saturated rings. The van der Waals surface area contributed by atoms with Crippen molar-refractivity contribution in [3.8, 4) is 22.6 Å². The second kappa shape index (κ2) is 5.32. The lowest BCUT2D eigenvalue weighted by molar-refractivity contribution is 0.358. The topological polar surface area (TPSA) is 51.3 Å². The standard InChI is InChI=1S/C17H15NO3/c1-20-14-9-8-12-10-13(11-6-4-3-5-7-11)17(19)18-15(12)16(14)21-2/h3-10H,1-2H3,(H,18,19). The molecule has 4 heteroatoms. The third kappa shape index (κ3) is 2.25. The Labute approximate surface area is 122 Å². The van der Waals surface area contributed by atoms with E-state index in [1.54, 1.807) is 14.2 Å². The van der Waals surface area contributed by atoms with Gasteiger partial charge in [0.15, 0.2) is 11.5 Å². The van der Waals surface area contributed by atoms with Crippen LogP contribution in [0.2, 0.25) is 0 Å². The van der Waals surface area contributed by atoms with Crippen LogP contribution in [0.1, 0.15) is 0 Å². The monoisotopic (exact) mass is 281 g/mol. The Morgan fingerprint density at radius 2 is 1.71 bits per heavy atom. The van der Waals surface area contributed by atoms with Crippen molar-refractivity contribution in [1.29, 1.82) is 0 Å². The molecule has 0 spiro atoms. The number of aromatic amines is 1. The molecule has 1 heterocycles. The van der Waals surface area contributed by atoms with E-state index < -0.39 is 0 Å². The van der Waals surface area contributed by atoms with Crippen LogP contribution in [-0.4, -0.2) is 19.2 Å². The van der Waals surface area contributed by atoms with Gasteiger partial charge in [0.2, 0.25) is 0 Å². The second-order valence-corrected chi connectivity index (χ2v) is 4.64. The van der Waals surface area contributed by atoms with Crippen LogP contribution in [0.25, 0.3) is 22.0 Å². The summed E-state index contributed by atoms with van der Waals surface area (Å²) >= 11 is 0. The van der Waals surface area contributed by atoms with Crippen molar-refractivity contribution in [2.24, 2.45) is 0 Å². The minimum absolute atomic E-state index is 0.153. The number of methoxy groups -OCH3 is 2. The molecule has 3 aromatic rings.